The number of nitrogens with one attached hydrogen (secondary N) is 1. The molecule has 3 heterocycles. The van der Waals surface area contributed by atoms with Crippen LogP contribution in [0.1, 0.15) is 4.88 Å². The van der Waals surface area contributed by atoms with Crippen LogP contribution >= 0.6 is 11.3 Å². The molecule has 1 atom stereocenters. The third-order valence-electron chi connectivity index (χ3n) is 3.63. The van der Waals surface area contributed by atoms with E-state index < -0.39 is 0 Å². The summed E-state index contributed by atoms with van der Waals surface area (Å²) in [4.78, 5) is 28.2. The highest BCUT2D eigenvalue weighted by molar-refractivity contribution is 7.09. The normalized spacial score (nSPS) is 21.6. The lowest BCUT2D eigenvalue weighted by atomic mass is 10.2. The van der Waals surface area contributed by atoms with Gasteiger partial charge in [-0.15, -0.1) is 11.3 Å². The Hall–Kier alpha value is -1.76. The second kappa shape index (κ2) is 5.70. The molecule has 108 valence electrons. The van der Waals surface area contributed by atoms with Crippen LogP contribution in [0.2, 0.25) is 0 Å². The molecule has 7 heteroatoms. The zero-order chi connectivity index (χ0) is 13.9. The van der Waals surface area contributed by atoms with Gasteiger partial charge in [0.1, 0.15) is 6.61 Å². The van der Waals surface area contributed by atoms with Gasteiger partial charge in [0.15, 0.2) is 0 Å². The third kappa shape index (κ3) is 2.72. The summed E-state index contributed by atoms with van der Waals surface area (Å²) in [6, 6.07) is 4.04. The van der Waals surface area contributed by atoms with Crippen LogP contribution < -0.4 is 5.32 Å². The Labute approximate surface area is 121 Å². The van der Waals surface area contributed by atoms with Crippen LogP contribution in [0.15, 0.2) is 17.5 Å². The summed E-state index contributed by atoms with van der Waals surface area (Å²) in [7, 11) is 0. The van der Waals surface area contributed by atoms with Gasteiger partial charge in [0.05, 0.1) is 6.04 Å². The topological polar surface area (TPSA) is 61.9 Å². The minimum atomic E-state index is -0.257. The number of rotatable bonds is 3. The highest BCUT2D eigenvalue weighted by atomic mass is 32.1. The predicted octanol–water partition coefficient (Wildman–Crippen LogP) is 1.14. The standard InChI is InChI=1S/C13H17N3O3S/c17-12(14-4-3-11-2-1-7-20-11)15-5-6-16-10(8-15)9-19-13(16)18/h1-2,7,10H,3-6,8-9H2,(H,14,17)/t10-/m1/s1. The van der Waals surface area contributed by atoms with E-state index >= 15 is 0 Å². The zero-order valence-corrected chi connectivity index (χ0v) is 11.9. The van der Waals surface area contributed by atoms with Crippen molar-refractivity contribution < 1.29 is 14.3 Å². The summed E-state index contributed by atoms with van der Waals surface area (Å²) in [6.07, 6.45) is 0.599. The Morgan fingerprint density at radius 3 is 3.20 bits per heavy atom. The minimum absolute atomic E-state index is 0.0132. The molecule has 1 N–H and O–H groups in total. The van der Waals surface area contributed by atoms with E-state index in [-0.39, 0.29) is 18.2 Å². The number of carbonyl (C=O) groups is 2. The SMILES string of the molecule is O=C(NCCc1cccs1)N1CCN2C(=O)OC[C@H]2C1. The Kier molecular flexibility index (Phi) is 3.77. The Morgan fingerprint density at radius 2 is 2.40 bits per heavy atom. The second-order valence-electron chi connectivity index (χ2n) is 4.93. The molecule has 0 aromatic carbocycles. The fraction of sp³-hybridized carbons (Fsp3) is 0.538. The number of nitrogens with zero attached hydrogens (tertiary/aromatic N) is 2. The van der Waals surface area contributed by atoms with Crippen molar-refractivity contribution in [1.82, 2.24) is 15.1 Å². The number of hydrogen-bond donors (Lipinski definition) is 1. The van der Waals surface area contributed by atoms with Gasteiger partial charge in [0.2, 0.25) is 0 Å². The summed E-state index contributed by atoms with van der Waals surface area (Å²) in [6.45, 7) is 2.70. The number of amides is 3. The first kappa shape index (κ1) is 13.2. The zero-order valence-electron chi connectivity index (χ0n) is 11.1. The average Bonchev–Trinajstić information content (AvgIpc) is 3.09. The highest BCUT2D eigenvalue weighted by Gasteiger charge is 2.38. The molecule has 0 bridgehead atoms. The number of ether oxygens (including phenoxy) is 1. The molecule has 0 unspecified atom stereocenters. The van der Waals surface area contributed by atoms with Gasteiger partial charge in [-0.3, -0.25) is 4.90 Å². The van der Waals surface area contributed by atoms with E-state index in [4.69, 9.17) is 4.74 Å². The van der Waals surface area contributed by atoms with Gasteiger partial charge >= 0.3 is 12.1 Å². The lowest BCUT2D eigenvalue weighted by Crippen LogP contribution is -2.56. The van der Waals surface area contributed by atoms with Crippen molar-refractivity contribution in [3.8, 4) is 0 Å². The summed E-state index contributed by atoms with van der Waals surface area (Å²) in [5.41, 5.74) is 0. The molecule has 1 aromatic heterocycles. The fourth-order valence-electron chi connectivity index (χ4n) is 2.53. The van der Waals surface area contributed by atoms with Gasteiger partial charge in [-0.25, -0.2) is 9.59 Å². The number of urea groups is 1. The van der Waals surface area contributed by atoms with Gasteiger partial charge in [-0.1, -0.05) is 6.07 Å². The molecule has 2 aliphatic rings. The summed E-state index contributed by atoms with van der Waals surface area (Å²) < 4.78 is 4.99. The van der Waals surface area contributed by atoms with Crippen molar-refractivity contribution in [2.75, 3.05) is 32.8 Å². The number of piperazine rings is 1. The van der Waals surface area contributed by atoms with Gasteiger partial charge in [-0.05, 0) is 17.9 Å². The maximum Gasteiger partial charge on any atom is 0.410 e. The predicted molar refractivity (Wildman–Crippen MR) is 74.8 cm³/mol. The summed E-state index contributed by atoms with van der Waals surface area (Å²) >= 11 is 1.70. The van der Waals surface area contributed by atoms with Crippen molar-refractivity contribution >= 4 is 23.5 Å². The molecule has 6 nitrogen and oxygen atoms in total. The van der Waals surface area contributed by atoms with Crippen LogP contribution in [0.5, 0.6) is 0 Å². The number of carbonyl (C=O) groups excluding carboxylic acids is 2. The molecule has 2 saturated heterocycles. The third-order valence-corrected chi connectivity index (χ3v) is 4.57. The van der Waals surface area contributed by atoms with Gasteiger partial charge in [-0.2, -0.15) is 0 Å². The van der Waals surface area contributed by atoms with Crippen molar-refractivity contribution in [1.29, 1.82) is 0 Å². The fourth-order valence-corrected chi connectivity index (χ4v) is 3.24. The second-order valence-corrected chi connectivity index (χ2v) is 5.96. The maximum absolute atomic E-state index is 12.1. The highest BCUT2D eigenvalue weighted by Crippen LogP contribution is 2.17. The molecule has 2 fully saturated rings. The molecule has 3 amide bonds. The first-order valence-electron chi connectivity index (χ1n) is 6.72. The number of fused-ring (bicyclic) bond motifs is 1. The first-order chi connectivity index (χ1) is 9.74. The Morgan fingerprint density at radius 1 is 1.50 bits per heavy atom. The molecule has 1 aromatic rings. The molecule has 0 saturated carbocycles. The van der Waals surface area contributed by atoms with Crippen LogP contribution in [0.4, 0.5) is 9.59 Å². The summed E-state index contributed by atoms with van der Waals surface area (Å²) in [5, 5.41) is 4.97. The molecular formula is C13H17N3O3S. The maximum atomic E-state index is 12.1. The van der Waals surface area contributed by atoms with E-state index in [9.17, 15) is 9.59 Å². The molecule has 0 aliphatic carbocycles. The first-order valence-corrected chi connectivity index (χ1v) is 7.60. The van der Waals surface area contributed by atoms with Crippen molar-refractivity contribution in [3.05, 3.63) is 22.4 Å². The smallest absolute Gasteiger partial charge is 0.410 e. The monoisotopic (exact) mass is 295 g/mol. The number of cyclic esters (lactones) is 1. The molecule has 20 heavy (non-hydrogen) atoms. The minimum Gasteiger partial charge on any atom is -0.447 e. The van der Waals surface area contributed by atoms with E-state index in [1.807, 2.05) is 11.4 Å². The number of thiophene rings is 1. The van der Waals surface area contributed by atoms with E-state index in [1.54, 1.807) is 21.1 Å². The van der Waals surface area contributed by atoms with Crippen molar-refractivity contribution in [2.45, 2.75) is 12.5 Å². The van der Waals surface area contributed by atoms with E-state index in [2.05, 4.69) is 11.4 Å². The van der Waals surface area contributed by atoms with E-state index in [0.717, 1.165) is 6.42 Å². The van der Waals surface area contributed by atoms with Crippen LogP contribution in [0.3, 0.4) is 0 Å². The largest absolute Gasteiger partial charge is 0.447 e. The van der Waals surface area contributed by atoms with Gasteiger partial charge in [0.25, 0.3) is 0 Å². The quantitative estimate of drug-likeness (QED) is 0.909. The summed E-state index contributed by atoms with van der Waals surface area (Å²) in [5.74, 6) is 0. The molecule has 3 rings (SSSR count). The number of hydrogen-bond acceptors (Lipinski definition) is 4. The molecule has 2 aliphatic heterocycles. The van der Waals surface area contributed by atoms with Gasteiger partial charge < -0.3 is 15.0 Å². The Balaban J connectivity index is 1.45. The van der Waals surface area contributed by atoms with Crippen LogP contribution in [-0.4, -0.2) is 60.8 Å². The van der Waals surface area contributed by atoms with Crippen molar-refractivity contribution in [2.24, 2.45) is 0 Å². The van der Waals surface area contributed by atoms with Crippen molar-refractivity contribution in [3.63, 3.8) is 0 Å². The van der Waals surface area contributed by atoms with Crippen LogP contribution in [-0.2, 0) is 11.2 Å². The molecule has 0 spiro atoms. The Bertz CT molecular complexity index is 491. The molecular weight excluding hydrogens is 278 g/mol. The van der Waals surface area contributed by atoms with Crippen LogP contribution in [0, 0.1) is 0 Å². The average molecular weight is 295 g/mol. The molecule has 0 radical (unpaired) electrons. The van der Waals surface area contributed by atoms with Gasteiger partial charge in [0, 0.05) is 31.1 Å². The van der Waals surface area contributed by atoms with Crippen LogP contribution in [0.25, 0.3) is 0 Å². The van der Waals surface area contributed by atoms with E-state index in [1.165, 1.54) is 4.88 Å². The lowest BCUT2D eigenvalue weighted by Gasteiger charge is -2.35. The van der Waals surface area contributed by atoms with E-state index in [0.29, 0.717) is 32.8 Å². The lowest BCUT2D eigenvalue weighted by molar-refractivity contribution is 0.127.